The van der Waals surface area contributed by atoms with Crippen molar-refractivity contribution in [2.24, 2.45) is 0 Å². The molecule has 1 aromatic heterocycles. The first-order chi connectivity index (χ1) is 16.4. The van der Waals surface area contributed by atoms with Gasteiger partial charge in [-0.2, -0.15) is 0 Å². The number of amides is 1. The average molecular weight is 457 g/mol. The summed E-state index contributed by atoms with van der Waals surface area (Å²) in [5, 5.41) is 0. The molecule has 0 bridgehead atoms. The SMILES string of the molecule is CCOc1ccc(N2C(=O)/C(=C\c3cc(C)n(-c4ccccc4)c3C)C(C(=O)OC)=C2C)cc1. The van der Waals surface area contributed by atoms with E-state index in [1.54, 1.807) is 17.9 Å². The van der Waals surface area contributed by atoms with Crippen molar-refractivity contribution in [3.63, 3.8) is 0 Å². The maximum Gasteiger partial charge on any atom is 0.340 e. The van der Waals surface area contributed by atoms with E-state index < -0.39 is 5.97 Å². The van der Waals surface area contributed by atoms with Gasteiger partial charge in [0.1, 0.15) is 5.75 Å². The number of carbonyl (C=O) groups is 2. The average Bonchev–Trinajstić information content (AvgIpc) is 3.26. The number of esters is 1. The van der Waals surface area contributed by atoms with Gasteiger partial charge in [-0.05, 0) is 81.8 Å². The Hall–Kier alpha value is -4.06. The maximum atomic E-state index is 13.6. The number of hydrogen-bond acceptors (Lipinski definition) is 4. The number of carbonyl (C=O) groups excluding carboxylic acids is 2. The molecule has 0 N–H and O–H groups in total. The molecule has 0 atom stereocenters. The lowest BCUT2D eigenvalue weighted by atomic mass is 10.0. The van der Waals surface area contributed by atoms with Crippen LogP contribution >= 0.6 is 0 Å². The Labute approximate surface area is 199 Å². The molecule has 0 aliphatic carbocycles. The number of para-hydroxylation sites is 1. The van der Waals surface area contributed by atoms with Crippen molar-refractivity contribution in [2.75, 3.05) is 18.6 Å². The number of nitrogens with zero attached hydrogens (tertiary/aromatic N) is 2. The first-order valence-corrected chi connectivity index (χ1v) is 11.2. The molecule has 2 heterocycles. The van der Waals surface area contributed by atoms with Crippen molar-refractivity contribution in [1.82, 2.24) is 4.57 Å². The van der Waals surface area contributed by atoms with E-state index in [0.717, 1.165) is 28.4 Å². The lowest BCUT2D eigenvalue weighted by Gasteiger charge is -2.18. The van der Waals surface area contributed by atoms with Crippen LogP contribution < -0.4 is 9.64 Å². The topological polar surface area (TPSA) is 60.8 Å². The van der Waals surface area contributed by atoms with Crippen molar-refractivity contribution in [1.29, 1.82) is 0 Å². The molecule has 0 fully saturated rings. The van der Waals surface area contributed by atoms with Crippen LogP contribution in [0.2, 0.25) is 0 Å². The zero-order valence-electron chi connectivity index (χ0n) is 20.1. The normalized spacial score (nSPS) is 14.8. The number of benzene rings is 2. The highest BCUT2D eigenvalue weighted by Gasteiger charge is 2.38. The highest BCUT2D eigenvalue weighted by Crippen LogP contribution is 2.36. The maximum absolute atomic E-state index is 13.6. The Morgan fingerprint density at radius 3 is 2.26 bits per heavy atom. The van der Waals surface area contributed by atoms with Crippen LogP contribution in [-0.2, 0) is 14.3 Å². The minimum atomic E-state index is -0.539. The lowest BCUT2D eigenvalue weighted by molar-refractivity contribution is -0.136. The second-order valence-electron chi connectivity index (χ2n) is 8.07. The fourth-order valence-electron chi connectivity index (χ4n) is 4.41. The molecule has 4 rings (SSSR count). The summed E-state index contributed by atoms with van der Waals surface area (Å²) >= 11 is 0. The van der Waals surface area contributed by atoms with E-state index in [-0.39, 0.29) is 11.5 Å². The Kier molecular flexibility index (Phi) is 6.41. The molecule has 174 valence electrons. The van der Waals surface area contributed by atoms with E-state index >= 15 is 0 Å². The van der Waals surface area contributed by atoms with Crippen molar-refractivity contribution in [3.05, 3.63) is 94.5 Å². The van der Waals surface area contributed by atoms with Gasteiger partial charge in [-0.1, -0.05) is 18.2 Å². The molecule has 6 heteroatoms. The number of hydrogen-bond donors (Lipinski definition) is 0. The summed E-state index contributed by atoms with van der Waals surface area (Å²) in [6.45, 7) is 8.26. The third-order valence-electron chi connectivity index (χ3n) is 5.98. The fourth-order valence-corrected chi connectivity index (χ4v) is 4.41. The molecule has 1 aliphatic heterocycles. The molecule has 1 aliphatic rings. The van der Waals surface area contributed by atoms with E-state index in [2.05, 4.69) is 4.57 Å². The number of rotatable bonds is 6. The molecule has 0 saturated carbocycles. The van der Waals surface area contributed by atoms with Crippen molar-refractivity contribution in [3.8, 4) is 11.4 Å². The summed E-state index contributed by atoms with van der Waals surface area (Å²) in [7, 11) is 1.32. The van der Waals surface area contributed by atoms with Crippen molar-refractivity contribution >= 4 is 23.6 Å². The smallest absolute Gasteiger partial charge is 0.340 e. The van der Waals surface area contributed by atoms with Gasteiger partial charge in [-0.25, -0.2) is 4.79 Å². The molecular formula is C28H28N2O4. The van der Waals surface area contributed by atoms with Crippen LogP contribution in [0.25, 0.3) is 11.8 Å². The largest absolute Gasteiger partial charge is 0.494 e. The molecule has 2 aromatic carbocycles. The second-order valence-corrected chi connectivity index (χ2v) is 8.07. The van der Waals surface area contributed by atoms with Gasteiger partial charge in [0.25, 0.3) is 5.91 Å². The molecule has 0 unspecified atom stereocenters. The summed E-state index contributed by atoms with van der Waals surface area (Å²) in [6.07, 6.45) is 1.79. The third kappa shape index (κ3) is 4.03. The zero-order chi connectivity index (χ0) is 24.4. The molecule has 0 spiro atoms. The van der Waals surface area contributed by atoms with E-state index in [4.69, 9.17) is 9.47 Å². The van der Waals surface area contributed by atoms with Crippen LogP contribution in [0.15, 0.2) is 77.5 Å². The summed E-state index contributed by atoms with van der Waals surface area (Å²) < 4.78 is 12.7. The predicted octanol–water partition coefficient (Wildman–Crippen LogP) is 5.37. The highest BCUT2D eigenvalue weighted by molar-refractivity contribution is 6.23. The lowest BCUT2D eigenvalue weighted by Crippen LogP contribution is -2.24. The van der Waals surface area contributed by atoms with Crippen LogP contribution in [0, 0.1) is 13.8 Å². The molecule has 3 aromatic rings. The third-order valence-corrected chi connectivity index (χ3v) is 5.98. The highest BCUT2D eigenvalue weighted by atomic mass is 16.5. The van der Waals surface area contributed by atoms with Crippen LogP contribution in [0.3, 0.4) is 0 Å². The molecule has 6 nitrogen and oxygen atoms in total. The molecule has 0 saturated heterocycles. The fraction of sp³-hybridized carbons (Fsp3) is 0.214. The second kappa shape index (κ2) is 9.43. The van der Waals surface area contributed by atoms with Gasteiger partial charge >= 0.3 is 5.97 Å². The van der Waals surface area contributed by atoms with Gasteiger partial charge in [-0.3, -0.25) is 9.69 Å². The number of ether oxygens (including phenoxy) is 2. The number of methoxy groups -OCH3 is 1. The van der Waals surface area contributed by atoms with Gasteiger partial charge in [-0.15, -0.1) is 0 Å². The van der Waals surface area contributed by atoms with Crippen molar-refractivity contribution < 1.29 is 19.1 Å². The van der Waals surface area contributed by atoms with Gasteiger partial charge < -0.3 is 14.0 Å². The van der Waals surface area contributed by atoms with E-state index in [0.29, 0.717) is 23.6 Å². The van der Waals surface area contributed by atoms with Gasteiger partial charge in [0.2, 0.25) is 0 Å². The van der Waals surface area contributed by atoms with E-state index in [1.807, 2.05) is 81.4 Å². The minimum Gasteiger partial charge on any atom is -0.494 e. The summed E-state index contributed by atoms with van der Waals surface area (Å²) in [5.41, 5.74) is 5.69. The first-order valence-electron chi connectivity index (χ1n) is 11.2. The molecule has 0 radical (unpaired) electrons. The predicted molar refractivity (Wildman–Crippen MR) is 133 cm³/mol. The number of aryl methyl sites for hydroxylation is 1. The summed E-state index contributed by atoms with van der Waals surface area (Å²) in [4.78, 5) is 27.9. The van der Waals surface area contributed by atoms with Gasteiger partial charge in [0.15, 0.2) is 0 Å². The Balaban J connectivity index is 1.80. The zero-order valence-corrected chi connectivity index (χ0v) is 20.1. The number of aromatic nitrogens is 1. The van der Waals surface area contributed by atoms with E-state index in [1.165, 1.54) is 7.11 Å². The summed E-state index contributed by atoms with van der Waals surface area (Å²) in [6, 6.07) is 19.3. The Bertz CT molecular complexity index is 1300. The molecule has 1 amide bonds. The molecule has 34 heavy (non-hydrogen) atoms. The monoisotopic (exact) mass is 456 g/mol. The van der Waals surface area contributed by atoms with Gasteiger partial charge in [0, 0.05) is 28.5 Å². The van der Waals surface area contributed by atoms with Crippen LogP contribution in [-0.4, -0.2) is 30.2 Å². The minimum absolute atomic E-state index is 0.269. The standard InChI is InChI=1S/C28H28N2O4/c1-6-34-24-14-12-23(13-15-24)30-20(4)26(28(32)33-5)25(27(30)31)17-21-16-18(2)29(19(21)3)22-10-8-7-9-11-22/h7-17H,6H2,1-5H3/b25-17-. The first kappa shape index (κ1) is 23.1. The summed E-state index contributed by atoms with van der Waals surface area (Å²) in [5.74, 6) is -0.0918. The number of allylic oxidation sites excluding steroid dienone is 1. The molecular weight excluding hydrogens is 428 g/mol. The van der Waals surface area contributed by atoms with Crippen LogP contribution in [0.5, 0.6) is 5.75 Å². The number of anilines is 1. The van der Waals surface area contributed by atoms with Crippen molar-refractivity contribution in [2.45, 2.75) is 27.7 Å². The van der Waals surface area contributed by atoms with Gasteiger partial charge in [0.05, 0.1) is 24.9 Å². The Morgan fingerprint density at radius 1 is 0.971 bits per heavy atom. The van der Waals surface area contributed by atoms with E-state index in [9.17, 15) is 9.59 Å². The quantitative estimate of drug-likeness (QED) is 0.370. The Morgan fingerprint density at radius 2 is 1.65 bits per heavy atom. The van der Waals surface area contributed by atoms with Crippen LogP contribution in [0.4, 0.5) is 5.69 Å². The van der Waals surface area contributed by atoms with Crippen LogP contribution in [0.1, 0.15) is 30.8 Å².